The molecule has 2 aliphatic carbocycles. The Morgan fingerprint density at radius 1 is 1.33 bits per heavy atom. The van der Waals surface area contributed by atoms with Gasteiger partial charge in [0, 0.05) is 1.37 Å². The molecule has 0 saturated heterocycles. The zero-order chi connectivity index (χ0) is 9.05. The first kappa shape index (κ1) is 6.33. The minimum absolute atomic E-state index is 0.0442. The van der Waals surface area contributed by atoms with E-state index in [9.17, 15) is 0 Å². The predicted molar refractivity (Wildman–Crippen MR) is 43.8 cm³/mol. The predicted octanol–water partition coefficient (Wildman–Crippen LogP) is 2.51. The summed E-state index contributed by atoms with van der Waals surface area (Å²) in [6.07, 6.45) is 3.42. The van der Waals surface area contributed by atoms with Crippen molar-refractivity contribution in [2.45, 2.75) is 37.1 Å². The molecule has 66 valence electrons. The first-order chi connectivity index (χ1) is 6.18. The van der Waals surface area contributed by atoms with Crippen LogP contribution >= 0.6 is 11.6 Å². The summed E-state index contributed by atoms with van der Waals surface area (Å²) in [5.41, 5.74) is 0. The van der Waals surface area contributed by atoms with E-state index in [2.05, 4.69) is 10.2 Å². The topological polar surface area (TPSA) is 34.0 Å². The lowest BCUT2D eigenvalue weighted by atomic mass is 10.0. The van der Waals surface area contributed by atoms with E-state index in [4.69, 9.17) is 17.7 Å². The average molecular weight is 188 g/mol. The van der Waals surface area contributed by atoms with Crippen LogP contribution in [0.2, 0.25) is 0 Å². The first-order valence-corrected chi connectivity index (χ1v) is 4.79. The van der Waals surface area contributed by atoms with Gasteiger partial charge in [0.15, 0.2) is 0 Å². The van der Waals surface area contributed by atoms with Gasteiger partial charge in [-0.25, -0.2) is 0 Å². The molecule has 2 fully saturated rings. The van der Waals surface area contributed by atoms with Gasteiger partial charge in [0.2, 0.25) is 0 Å². The van der Waals surface area contributed by atoms with Crippen molar-refractivity contribution in [3.05, 3.63) is 0 Å². The number of hydrogen-bond acceptors (Lipinski definition) is 3. The van der Waals surface area contributed by atoms with Gasteiger partial charge < -0.3 is 4.74 Å². The lowest BCUT2D eigenvalue weighted by Gasteiger charge is -2.16. The third-order valence-electron chi connectivity index (χ3n) is 3.04. The summed E-state index contributed by atoms with van der Waals surface area (Å²) >= 11 is 5.81. The Hall–Kier alpha value is -0.150. The SMILES string of the molecule is [2H][C@@H]1CC2CCC1C2OC1(Cl)N=N1. The summed E-state index contributed by atoms with van der Waals surface area (Å²) < 4.78 is 13.4. The number of hydrogen-bond donors (Lipinski definition) is 0. The highest BCUT2D eigenvalue weighted by molar-refractivity contribution is 6.23. The van der Waals surface area contributed by atoms with Gasteiger partial charge in [0.25, 0.3) is 0 Å². The second kappa shape index (κ2) is 2.20. The zero-order valence-corrected chi connectivity index (χ0v) is 7.37. The zero-order valence-electron chi connectivity index (χ0n) is 7.61. The van der Waals surface area contributed by atoms with Gasteiger partial charge >= 0.3 is 5.31 Å². The second-order valence-electron chi connectivity index (χ2n) is 3.78. The summed E-state index contributed by atoms with van der Waals surface area (Å²) in [7, 11) is 0. The molecule has 0 aromatic carbocycles. The lowest BCUT2D eigenvalue weighted by Crippen LogP contribution is -2.24. The van der Waals surface area contributed by atoms with E-state index in [1.54, 1.807) is 0 Å². The van der Waals surface area contributed by atoms with Gasteiger partial charge in [-0.15, -0.1) is 10.2 Å². The number of nitrogens with zero attached hydrogens (tertiary/aromatic N) is 2. The number of rotatable bonds is 2. The molecule has 1 heterocycles. The molecule has 12 heavy (non-hydrogen) atoms. The van der Waals surface area contributed by atoms with Crippen molar-refractivity contribution in [3.8, 4) is 0 Å². The van der Waals surface area contributed by atoms with E-state index >= 15 is 0 Å². The van der Waals surface area contributed by atoms with Crippen LogP contribution in [0.4, 0.5) is 0 Å². The van der Waals surface area contributed by atoms with Gasteiger partial charge in [-0.3, -0.25) is 0 Å². The lowest BCUT2D eigenvalue weighted by molar-refractivity contribution is -0.0191. The molecule has 1 aliphatic heterocycles. The van der Waals surface area contributed by atoms with E-state index < -0.39 is 5.31 Å². The minimum atomic E-state index is -1.06. The average Bonchev–Trinajstić information content (AvgIpc) is 2.59. The van der Waals surface area contributed by atoms with Crippen LogP contribution in [0, 0.1) is 11.8 Å². The van der Waals surface area contributed by atoms with E-state index in [1.165, 1.54) is 6.42 Å². The van der Waals surface area contributed by atoms with Crippen molar-refractivity contribution in [1.82, 2.24) is 0 Å². The summed E-state index contributed by atoms with van der Waals surface area (Å²) in [6.45, 7) is 0. The number of fused-ring (bicyclic) bond motifs is 2. The molecular formula is C8H11ClN2O. The van der Waals surface area contributed by atoms with Crippen molar-refractivity contribution in [3.63, 3.8) is 0 Å². The largest absolute Gasteiger partial charge is 0.375 e. The standard InChI is InChI=1S/C8H11ClN2O/c9-8(10-11-8)12-7-5-1-2-6(7)4-3-5/h5-7H,1-4H2/i1D/t1-,5?,6?,7?/m1/s1. The van der Waals surface area contributed by atoms with Crippen LogP contribution in [0.1, 0.15) is 27.0 Å². The highest BCUT2D eigenvalue weighted by Crippen LogP contribution is 2.50. The molecule has 0 amide bonds. The molecule has 2 saturated carbocycles. The van der Waals surface area contributed by atoms with Crippen LogP contribution in [0.5, 0.6) is 0 Å². The van der Waals surface area contributed by atoms with Crippen LogP contribution in [0.3, 0.4) is 0 Å². The van der Waals surface area contributed by atoms with E-state index in [-0.39, 0.29) is 12.5 Å². The van der Waals surface area contributed by atoms with Crippen LogP contribution < -0.4 is 0 Å². The Balaban J connectivity index is 1.71. The van der Waals surface area contributed by atoms with Crippen molar-refractivity contribution in [2.75, 3.05) is 0 Å². The van der Waals surface area contributed by atoms with Crippen LogP contribution in [-0.4, -0.2) is 11.4 Å². The Bertz CT molecular complexity index is 267. The Morgan fingerprint density at radius 3 is 2.58 bits per heavy atom. The van der Waals surface area contributed by atoms with Crippen molar-refractivity contribution >= 4 is 11.6 Å². The summed E-state index contributed by atoms with van der Waals surface area (Å²) in [4.78, 5) is 0. The molecule has 0 N–H and O–H groups in total. The maximum atomic E-state index is 7.79. The van der Waals surface area contributed by atoms with Crippen molar-refractivity contribution in [2.24, 2.45) is 22.1 Å². The molecule has 4 heteroatoms. The number of alkyl halides is 1. The van der Waals surface area contributed by atoms with Gasteiger partial charge in [-0.1, -0.05) is 0 Å². The number of halogens is 1. The molecule has 3 aliphatic rings. The van der Waals surface area contributed by atoms with Crippen molar-refractivity contribution < 1.29 is 6.11 Å². The summed E-state index contributed by atoms with van der Waals surface area (Å²) in [5, 5.41) is 6.19. The molecule has 3 unspecified atom stereocenters. The molecule has 0 radical (unpaired) electrons. The first-order valence-electron chi connectivity index (χ1n) is 4.99. The van der Waals surface area contributed by atoms with E-state index in [0.717, 1.165) is 12.8 Å². The van der Waals surface area contributed by atoms with Gasteiger partial charge in [0.1, 0.15) is 0 Å². The van der Waals surface area contributed by atoms with Gasteiger partial charge in [-0.05, 0) is 49.1 Å². The van der Waals surface area contributed by atoms with Gasteiger partial charge in [-0.2, -0.15) is 0 Å². The van der Waals surface area contributed by atoms with E-state index in [0.29, 0.717) is 11.8 Å². The molecular weight excluding hydrogens is 176 g/mol. The highest BCUT2D eigenvalue weighted by Gasteiger charge is 2.50. The Labute approximate surface area is 77.5 Å². The maximum Gasteiger partial charge on any atom is 0.375 e. The monoisotopic (exact) mass is 187 g/mol. The van der Waals surface area contributed by atoms with Crippen LogP contribution in [-0.2, 0) is 4.74 Å². The minimum Gasteiger partial charge on any atom is -0.316 e. The van der Waals surface area contributed by atoms with Crippen molar-refractivity contribution in [1.29, 1.82) is 0 Å². The number of ether oxygens (including phenoxy) is 1. The fraction of sp³-hybridized carbons (Fsp3) is 1.00. The van der Waals surface area contributed by atoms with Gasteiger partial charge in [0.05, 0.1) is 6.10 Å². The smallest absolute Gasteiger partial charge is 0.316 e. The Morgan fingerprint density at radius 2 is 2.08 bits per heavy atom. The van der Waals surface area contributed by atoms with Crippen LogP contribution in [0.25, 0.3) is 0 Å². The maximum absolute atomic E-state index is 7.79. The molecule has 0 aromatic rings. The van der Waals surface area contributed by atoms with E-state index in [1.807, 2.05) is 0 Å². The summed E-state index contributed by atoms with van der Waals surface area (Å²) in [5.74, 6) is 0.890. The van der Waals surface area contributed by atoms with Crippen LogP contribution in [0.15, 0.2) is 10.2 Å². The molecule has 4 atom stereocenters. The quantitative estimate of drug-likeness (QED) is 0.483. The normalized spacial score (nSPS) is 54.2. The Kier molecular flexibility index (Phi) is 1.16. The third kappa shape index (κ3) is 0.995. The fourth-order valence-corrected chi connectivity index (χ4v) is 2.52. The second-order valence-corrected chi connectivity index (χ2v) is 4.28. The fourth-order valence-electron chi connectivity index (χ4n) is 2.38. The molecule has 2 bridgehead atoms. The molecule has 0 spiro atoms. The third-order valence-corrected chi connectivity index (χ3v) is 3.28. The molecule has 3 nitrogen and oxygen atoms in total. The molecule has 0 aromatic heterocycles. The summed E-state index contributed by atoms with van der Waals surface area (Å²) in [6, 6.07) is 0. The highest BCUT2D eigenvalue weighted by atomic mass is 35.5. The molecule has 3 rings (SSSR count).